The number of Topliss-reactive ketones (excluding diaryl/α,β-unsaturated/α-hetero) is 1. The first-order valence-corrected chi connectivity index (χ1v) is 5.12. The van der Waals surface area contributed by atoms with Crippen LogP contribution in [-0.2, 0) is 11.2 Å². The maximum Gasteiger partial charge on any atom is 0.134 e. The fourth-order valence-corrected chi connectivity index (χ4v) is 1.50. The van der Waals surface area contributed by atoms with Crippen molar-refractivity contribution in [1.29, 1.82) is 0 Å². The molecule has 0 bridgehead atoms. The fraction of sp³-hybridized carbons (Fsp3) is 0.308. The summed E-state index contributed by atoms with van der Waals surface area (Å²) in [4.78, 5) is 11.0. The van der Waals surface area contributed by atoms with Gasteiger partial charge in [-0.2, -0.15) is 0 Å². The smallest absolute Gasteiger partial charge is 0.134 e. The van der Waals surface area contributed by atoms with Crippen LogP contribution >= 0.6 is 0 Å². The molecule has 0 amide bonds. The molecule has 0 fully saturated rings. The average molecular weight is 204 g/mol. The zero-order chi connectivity index (χ0) is 11.3. The highest BCUT2D eigenvalue weighted by Crippen LogP contribution is 2.18. The van der Waals surface area contributed by atoms with Gasteiger partial charge in [-0.25, -0.2) is 0 Å². The van der Waals surface area contributed by atoms with E-state index in [0.29, 0.717) is 6.42 Å². The lowest BCUT2D eigenvalue weighted by Gasteiger charge is -2.06. The summed E-state index contributed by atoms with van der Waals surface area (Å²) in [6.07, 6.45) is 2.90. The first kappa shape index (κ1) is 11.5. The Morgan fingerprint density at radius 2 is 2.07 bits per heavy atom. The third-order valence-electron chi connectivity index (χ3n) is 2.13. The van der Waals surface area contributed by atoms with Crippen LogP contribution in [0.25, 0.3) is 5.76 Å². The van der Waals surface area contributed by atoms with Crippen LogP contribution in [-0.4, -0.2) is 10.9 Å². The number of carbonyl (C=O) groups is 1. The van der Waals surface area contributed by atoms with E-state index < -0.39 is 0 Å². The summed E-state index contributed by atoms with van der Waals surface area (Å²) in [6.45, 7) is 3.52. The molecule has 80 valence electrons. The van der Waals surface area contributed by atoms with E-state index in [9.17, 15) is 9.90 Å². The van der Waals surface area contributed by atoms with E-state index in [0.717, 1.165) is 17.5 Å². The number of allylic oxidation sites excluding steroid dienone is 1. The third-order valence-corrected chi connectivity index (χ3v) is 2.13. The van der Waals surface area contributed by atoms with Crippen LogP contribution in [0.15, 0.2) is 30.3 Å². The maximum atomic E-state index is 11.0. The standard InChI is InChI=1S/C13H16O2/c1-3-6-13(15)12-8-5-4-7-11(12)9-10(2)14/h4-8,15H,3,9H2,1-2H3/b13-6+. The number of hydrogen-bond donors (Lipinski definition) is 1. The Morgan fingerprint density at radius 3 is 2.67 bits per heavy atom. The molecule has 1 aromatic rings. The van der Waals surface area contributed by atoms with Crippen LogP contribution < -0.4 is 0 Å². The molecule has 0 heterocycles. The molecule has 15 heavy (non-hydrogen) atoms. The number of rotatable bonds is 4. The van der Waals surface area contributed by atoms with Crippen LogP contribution in [0.3, 0.4) is 0 Å². The Balaban J connectivity index is 3.06. The van der Waals surface area contributed by atoms with E-state index in [-0.39, 0.29) is 11.5 Å². The van der Waals surface area contributed by atoms with Crippen LogP contribution in [0.5, 0.6) is 0 Å². The van der Waals surface area contributed by atoms with E-state index in [2.05, 4.69) is 0 Å². The monoisotopic (exact) mass is 204 g/mol. The van der Waals surface area contributed by atoms with Crippen molar-refractivity contribution in [1.82, 2.24) is 0 Å². The van der Waals surface area contributed by atoms with Crippen molar-refractivity contribution < 1.29 is 9.90 Å². The van der Waals surface area contributed by atoms with Gasteiger partial charge in [-0.05, 0) is 25.0 Å². The van der Waals surface area contributed by atoms with Gasteiger partial charge in [0.25, 0.3) is 0 Å². The zero-order valence-corrected chi connectivity index (χ0v) is 9.16. The second-order valence-electron chi connectivity index (χ2n) is 3.53. The van der Waals surface area contributed by atoms with Gasteiger partial charge in [0.05, 0.1) is 0 Å². The molecule has 0 aliphatic heterocycles. The van der Waals surface area contributed by atoms with Crippen molar-refractivity contribution in [3.05, 3.63) is 41.5 Å². The number of benzene rings is 1. The number of aliphatic hydroxyl groups is 1. The maximum absolute atomic E-state index is 11.0. The summed E-state index contributed by atoms with van der Waals surface area (Å²) in [6, 6.07) is 7.44. The molecule has 1 N–H and O–H groups in total. The van der Waals surface area contributed by atoms with Crippen molar-refractivity contribution in [3.8, 4) is 0 Å². The summed E-state index contributed by atoms with van der Waals surface area (Å²) in [5.74, 6) is 0.362. The lowest BCUT2D eigenvalue weighted by molar-refractivity contribution is -0.116. The summed E-state index contributed by atoms with van der Waals surface area (Å²) in [5, 5.41) is 9.76. The van der Waals surface area contributed by atoms with Gasteiger partial charge in [0.15, 0.2) is 0 Å². The Bertz CT molecular complexity index is 378. The Morgan fingerprint density at radius 1 is 1.40 bits per heavy atom. The van der Waals surface area contributed by atoms with E-state index >= 15 is 0 Å². The number of aliphatic hydroxyl groups excluding tert-OH is 1. The molecule has 2 nitrogen and oxygen atoms in total. The third kappa shape index (κ3) is 3.24. The number of carbonyl (C=O) groups excluding carboxylic acids is 1. The van der Waals surface area contributed by atoms with Crippen molar-refractivity contribution >= 4 is 11.5 Å². The normalized spacial score (nSPS) is 11.5. The molecule has 0 radical (unpaired) electrons. The fourth-order valence-electron chi connectivity index (χ4n) is 1.50. The van der Waals surface area contributed by atoms with E-state index in [1.807, 2.05) is 31.2 Å². The van der Waals surface area contributed by atoms with Gasteiger partial charge in [0, 0.05) is 12.0 Å². The van der Waals surface area contributed by atoms with Crippen molar-refractivity contribution in [3.63, 3.8) is 0 Å². The molecule has 0 atom stereocenters. The number of ketones is 1. The molecule has 0 aliphatic rings. The van der Waals surface area contributed by atoms with Crippen LogP contribution in [0.2, 0.25) is 0 Å². The first-order chi connectivity index (χ1) is 7.15. The summed E-state index contributed by atoms with van der Waals surface area (Å²) in [7, 11) is 0. The van der Waals surface area contributed by atoms with Crippen LogP contribution in [0.1, 0.15) is 31.4 Å². The van der Waals surface area contributed by atoms with Gasteiger partial charge in [-0.3, -0.25) is 4.79 Å². The molecule has 0 saturated heterocycles. The molecule has 0 aliphatic carbocycles. The minimum atomic E-state index is 0.103. The van der Waals surface area contributed by atoms with E-state index in [1.54, 1.807) is 13.0 Å². The Labute approximate surface area is 90.3 Å². The average Bonchev–Trinajstić information content (AvgIpc) is 2.18. The van der Waals surface area contributed by atoms with Gasteiger partial charge >= 0.3 is 0 Å². The van der Waals surface area contributed by atoms with Gasteiger partial charge in [-0.1, -0.05) is 31.2 Å². The van der Waals surface area contributed by atoms with Crippen molar-refractivity contribution in [2.24, 2.45) is 0 Å². The van der Waals surface area contributed by atoms with Crippen molar-refractivity contribution in [2.45, 2.75) is 26.7 Å². The summed E-state index contributed by atoms with van der Waals surface area (Å²) >= 11 is 0. The highest BCUT2D eigenvalue weighted by molar-refractivity contribution is 5.80. The minimum Gasteiger partial charge on any atom is -0.508 e. The van der Waals surface area contributed by atoms with Crippen LogP contribution in [0.4, 0.5) is 0 Å². The molecular weight excluding hydrogens is 188 g/mol. The quantitative estimate of drug-likeness (QED) is 0.765. The molecule has 0 aromatic heterocycles. The SMILES string of the molecule is CC/C=C(/O)c1ccccc1CC(C)=O. The summed E-state index contributed by atoms with van der Waals surface area (Å²) < 4.78 is 0. The Kier molecular flexibility index (Phi) is 4.10. The first-order valence-electron chi connectivity index (χ1n) is 5.12. The molecule has 0 unspecified atom stereocenters. The van der Waals surface area contributed by atoms with Crippen LogP contribution in [0, 0.1) is 0 Å². The topological polar surface area (TPSA) is 37.3 Å². The second-order valence-corrected chi connectivity index (χ2v) is 3.53. The molecular formula is C13H16O2. The van der Waals surface area contributed by atoms with E-state index in [1.165, 1.54) is 0 Å². The van der Waals surface area contributed by atoms with Gasteiger partial charge in [-0.15, -0.1) is 0 Å². The largest absolute Gasteiger partial charge is 0.508 e. The summed E-state index contributed by atoms with van der Waals surface area (Å²) in [5.41, 5.74) is 1.64. The van der Waals surface area contributed by atoms with E-state index in [4.69, 9.17) is 0 Å². The number of hydrogen-bond acceptors (Lipinski definition) is 2. The highest BCUT2D eigenvalue weighted by Gasteiger charge is 2.06. The molecule has 0 saturated carbocycles. The lowest BCUT2D eigenvalue weighted by Crippen LogP contribution is -2.00. The molecule has 1 rings (SSSR count). The zero-order valence-electron chi connectivity index (χ0n) is 9.16. The van der Waals surface area contributed by atoms with Crippen molar-refractivity contribution in [2.75, 3.05) is 0 Å². The molecule has 2 heteroatoms. The molecule has 0 spiro atoms. The molecule has 1 aromatic carbocycles. The van der Waals surface area contributed by atoms with Gasteiger partial charge < -0.3 is 5.11 Å². The second kappa shape index (κ2) is 5.35. The predicted octanol–water partition coefficient (Wildman–Crippen LogP) is 3.13. The minimum absolute atomic E-state index is 0.103. The predicted molar refractivity (Wildman–Crippen MR) is 61.7 cm³/mol. The van der Waals surface area contributed by atoms with Gasteiger partial charge in [0.2, 0.25) is 0 Å². The lowest BCUT2D eigenvalue weighted by atomic mass is 10.0. The van der Waals surface area contributed by atoms with Gasteiger partial charge in [0.1, 0.15) is 11.5 Å². The Hall–Kier alpha value is -1.57. The highest BCUT2D eigenvalue weighted by atomic mass is 16.3.